The predicted molar refractivity (Wildman–Crippen MR) is 79.2 cm³/mol. The first kappa shape index (κ1) is 15.9. The average Bonchev–Trinajstić information content (AvgIpc) is 2.37. The first-order chi connectivity index (χ1) is 8.99. The molecule has 1 aromatic rings. The summed E-state index contributed by atoms with van der Waals surface area (Å²) < 4.78 is 0. The topological polar surface area (TPSA) is 61.6 Å². The van der Waals surface area contributed by atoms with E-state index in [-0.39, 0.29) is 0 Å². The second-order valence-electron chi connectivity index (χ2n) is 4.93. The fourth-order valence-electron chi connectivity index (χ4n) is 1.74. The summed E-state index contributed by atoms with van der Waals surface area (Å²) in [6.45, 7) is 5.92. The molecular weight excluding hydrogens is 256 g/mol. The van der Waals surface area contributed by atoms with Crippen LogP contribution in [0.3, 0.4) is 0 Å². The van der Waals surface area contributed by atoms with Crippen molar-refractivity contribution in [3.63, 3.8) is 0 Å². The summed E-state index contributed by atoms with van der Waals surface area (Å²) in [6.07, 6.45) is 2.97. The number of aryl methyl sites for hydroxylation is 2. The number of hydrogen-bond acceptors (Lipinski definition) is 5. The van der Waals surface area contributed by atoms with Crippen molar-refractivity contribution in [3.05, 3.63) is 17.5 Å². The van der Waals surface area contributed by atoms with Crippen molar-refractivity contribution in [1.82, 2.24) is 15.3 Å². The van der Waals surface area contributed by atoms with E-state index >= 15 is 0 Å². The summed E-state index contributed by atoms with van der Waals surface area (Å²) >= 11 is 1.69. The molecular formula is C14H22N4S. The van der Waals surface area contributed by atoms with E-state index in [1.165, 1.54) is 0 Å². The molecule has 1 heterocycles. The van der Waals surface area contributed by atoms with Crippen LogP contribution in [0.4, 0.5) is 0 Å². The molecule has 0 spiro atoms. The van der Waals surface area contributed by atoms with Gasteiger partial charge in [-0.05, 0) is 53.1 Å². The lowest BCUT2D eigenvalue weighted by Crippen LogP contribution is -2.37. The van der Waals surface area contributed by atoms with Crippen LogP contribution in [0.15, 0.2) is 11.2 Å². The van der Waals surface area contributed by atoms with E-state index in [1.54, 1.807) is 11.8 Å². The second kappa shape index (κ2) is 7.46. The molecule has 0 saturated heterocycles. The summed E-state index contributed by atoms with van der Waals surface area (Å²) in [5, 5.41) is 13.0. The molecule has 0 aromatic carbocycles. The van der Waals surface area contributed by atoms with Crippen LogP contribution in [0.1, 0.15) is 37.6 Å². The monoisotopic (exact) mass is 278 g/mol. The fourth-order valence-corrected chi connectivity index (χ4v) is 2.69. The Hall–Kier alpha value is -1.12. The third kappa shape index (κ3) is 5.58. The first-order valence-electron chi connectivity index (χ1n) is 6.54. The number of hydrogen-bond donors (Lipinski definition) is 1. The normalized spacial score (nSPS) is 13.8. The van der Waals surface area contributed by atoms with Crippen LogP contribution in [0.5, 0.6) is 0 Å². The van der Waals surface area contributed by atoms with Crippen LogP contribution in [-0.4, -0.2) is 28.3 Å². The number of unbranched alkanes of at least 4 members (excludes halogenated alkanes) is 1. The minimum atomic E-state index is -0.402. The predicted octanol–water partition coefficient (Wildman–Crippen LogP) is 2.86. The molecule has 0 aliphatic carbocycles. The molecule has 1 aromatic heterocycles. The minimum absolute atomic E-state index is 0.402. The molecule has 1 unspecified atom stereocenters. The van der Waals surface area contributed by atoms with Gasteiger partial charge in [-0.1, -0.05) is 11.8 Å². The van der Waals surface area contributed by atoms with Gasteiger partial charge in [-0.15, -0.1) is 0 Å². The van der Waals surface area contributed by atoms with Gasteiger partial charge < -0.3 is 5.32 Å². The molecule has 5 heteroatoms. The molecule has 0 aliphatic heterocycles. The Morgan fingerprint density at radius 3 is 2.47 bits per heavy atom. The zero-order valence-corrected chi connectivity index (χ0v) is 13.0. The molecule has 0 amide bonds. The van der Waals surface area contributed by atoms with E-state index in [9.17, 15) is 0 Å². The Labute approximate surface area is 120 Å². The molecule has 0 aliphatic rings. The van der Waals surface area contributed by atoms with Crippen LogP contribution in [0.25, 0.3) is 0 Å². The lowest BCUT2D eigenvalue weighted by Gasteiger charge is -2.20. The molecule has 4 nitrogen and oxygen atoms in total. The van der Waals surface area contributed by atoms with E-state index in [0.717, 1.165) is 41.6 Å². The van der Waals surface area contributed by atoms with Gasteiger partial charge in [-0.3, -0.25) is 0 Å². The molecule has 0 radical (unpaired) electrons. The lowest BCUT2D eigenvalue weighted by atomic mass is 9.97. The molecule has 19 heavy (non-hydrogen) atoms. The van der Waals surface area contributed by atoms with Gasteiger partial charge in [-0.25, -0.2) is 9.97 Å². The first-order valence-corrected chi connectivity index (χ1v) is 7.53. The standard InChI is InChI=1S/C14H22N4S/c1-11-9-12(2)18-13(17-11)19-8-6-5-7-14(3,10-15)16-4/h9,16H,5-8H2,1-4H3. The molecule has 1 rings (SSSR count). The Morgan fingerprint density at radius 1 is 1.32 bits per heavy atom. The van der Waals surface area contributed by atoms with E-state index in [4.69, 9.17) is 5.26 Å². The Kier molecular flexibility index (Phi) is 6.26. The highest BCUT2D eigenvalue weighted by molar-refractivity contribution is 7.99. The Bertz CT molecular complexity index is 435. The van der Waals surface area contributed by atoms with E-state index in [0.29, 0.717) is 0 Å². The summed E-state index contributed by atoms with van der Waals surface area (Å²) in [5.41, 5.74) is 1.63. The zero-order valence-electron chi connectivity index (χ0n) is 12.2. The van der Waals surface area contributed by atoms with E-state index in [2.05, 4.69) is 21.4 Å². The van der Waals surface area contributed by atoms with Crippen LogP contribution in [0.2, 0.25) is 0 Å². The number of thioether (sulfide) groups is 1. The molecule has 0 bridgehead atoms. The summed E-state index contributed by atoms with van der Waals surface area (Å²) in [7, 11) is 1.83. The van der Waals surface area contributed by atoms with Crippen LogP contribution >= 0.6 is 11.8 Å². The Balaban J connectivity index is 2.30. The van der Waals surface area contributed by atoms with Gasteiger partial charge in [0.15, 0.2) is 5.16 Å². The largest absolute Gasteiger partial charge is 0.303 e. The van der Waals surface area contributed by atoms with E-state index in [1.807, 2.05) is 33.9 Å². The summed E-state index contributed by atoms with van der Waals surface area (Å²) in [5.74, 6) is 0.994. The van der Waals surface area contributed by atoms with Gasteiger partial charge in [0.2, 0.25) is 0 Å². The van der Waals surface area contributed by atoms with E-state index < -0.39 is 5.54 Å². The third-order valence-electron chi connectivity index (χ3n) is 3.06. The smallest absolute Gasteiger partial charge is 0.187 e. The van der Waals surface area contributed by atoms with Gasteiger partial charge in [0.25, 0.3) is 0 Å². The summed E-state index contributed by atoms with van der Waals surface area (Å²) in [4.78, 5) is 8.80. The highest BCUT2D eigenvalue weighted by atomic mass is 32.2. The van der Waals surface area contributed by atoms with Crippen LogP contribution in [-0.2, 0) is 0 Å². The second-order valence-corrected chi connectivity index (χ2v) is 5.99. The molecule has 104 valence electrons. The highest BCUT2D eigenvalue weighted by Crippen LogP contribution is 2.18. The number of aromatic nitrogens is 2. The van der Waals surface area contributed by atoms with Gasteiger partial charge in [0, 0.05) is 17.1 Å². The molecule has 1 N–H and O–H groups in total. The minimum Gasteiger partial charge on any atom is -0.303 e. The SMILES string of the molecule is CNC(C)(C#N)CCCCSc1nc(C)cc(C)n1. The number of rotatable bonds is 7. The van der Waals surface area contributed by atoms with Crippen molar-refractivity contribution in [2.75, 3.05) is 12.8 Å². The van der Waals surface area contributed by atoms with Gasteiger partial charge in [0.1, 0.15) is 5.54 Å². The van der Waals surface area contributed by atoms with Crippen molar-refractivity contribution in [3.8, 4) is 6.07 Å². The highest BCUT2D eigenvalue weighted by Gasteiger charge is 2.19. The van der Waals surface area contributed by atoms with Crippen molar-refractivity contribution in [2.45, 2.75) is 50.7 Å². The maximum atomic E-state index is 9.04. The van der Waals surface area contributed by atoms with Gasteiger partial charge in [0.05, 0.1) is 6.07 Å². The molecule has 0 saturated carbocycles. The number of nitrogens with one attached hydrogen (secondary N) is 1. The average molecular weight is 278 g/mol. The summed E-state index contributed by atoms with van der Waals surface area (Å²) in [6, 6.07) is 4.29. The maximum absolute atomic E-state index is 9.04. The molecule has 1 atom stereocenters. The van der Waals surface area contributed by atoms with Crippen molar-refractivity contribution in [1.29, 1.82) is 5.26 Å². The van der Waals surface area contributed by atoms with Crippen molar-refractivity contribution >= 4 is 11.8 Å². The Morgan fingerprint density at radius 2 is 1.95 bits per heavy atom. The van der Waals surface area contributed by atoms with Gasteiger partial charge >= 0.3 is 0 Å². The van der Waals surface area contributed by atoms with Gasteiger partial charge in [-0.2, -0.15) is 5.26 Å². The number of nitriles is 1. The third-order valence-corrected chi connectivity index (χ3v) is 4.00. The lowest BCUT2D eigenvalue weighted by molar-refractivity contribution is 0.439. The maximum Gasteiger partial charge on any atom is 0.187 e. The van der Waals surface area contributed by atoms with Crippen molar-refractivity contribution < 1.29 is 0 Å². The van der Waals surface area contributed by atoms with Crippen molar-refractivity contribution in [2.24, 2.45) is 0 Å². The van der Waals surface area contributed by atoms with Crippen LogP contribution < -0.4 is 5.32 Å². The zero-order chi connectivity index (χ0) is 14.3. The van der Waals surface area contributed by atoms with Crippen LogP contribution in [0, 0.1) is 25.2 Å². The number of nitrogens with zero attached hydrogens (tertiary/aromatic N) is 3. The fraction of sp³-hybridized carbons (Fsp3) is 0.643. The quantitative estimate of drug-likeness (QED) is 0.472. The molecule has 0 fully saturated rings.